The van der Waals surface area contributed by atoms with E-state index in [0.717, 1.165) is 55.5 Å². The monoisotopic (exact) mass is 1190 g/mol. The van der Waals surface area contributed by atoms with Crippen molar-refractivity contribution in [2.75, 3.05) is 48.3 Å². The number of carbonyl (C=O) groups is 5. The molecule has 1 fully saturated rings. The number of nitrogens with zero attached hydrogens (tertiary/aromatic N) is 3. The number of amides is 4. The SMILES string of the molecule is CCC(=CC=C1C=C(C=CC2=[N+](CCCS(=O)(=O)O)c3ccc4ccccc4c3C2(C)C)CC(C(=O)NCCCCCC(=O)ON2C(=O)CCC2=O)(C(=O)NCCS(=O)(=O)O)C1)N(CCCS(=O)(=O)O)c1ccc2ccccc2c1CC. The number of anilines is 1. The molecular formula is C59H72N5O15S3+. The van der Waals surface area contributed by atoms with Gasteiger partial charge in [0.25, 0.3) is 42.2 Å². The summed E-state index contributed by atoms with van der Waals surface area (Å²) in [6.07, 6.45) is 10.7. The maximum Gasteiger partial charge on any atom is 0.333 e. The first kappa shape index (κ1) is 62.7. The number of hydrogen-bond donors (Lipinski definition) is 5. The molecule has 1 aliphatic carbocycles. The fraction of sp³-hybridized carbons (Fsp3) is 0.424. The predicted molar refractivity (Wildman–Crippen MR) is 313 cm³/mol. The molecule has 82 heavy (non-hydrogen) atoms. The minimum absolute atomic E-state index is 0.0335. The first-order valence-electron chi connectivity index (χ1n) is 27.5. The van der Waals surface area contributed by atoms with Crippen LogP contribution in [0.2, 0.25) is 0 Å². The summed E-state index contributed by atoms with van der Waals surface area (Å²) in [5.41, 5.74) is 3.43. The summed E-state index contributed by atoms with van der Waals surface area (Å²) in [5.74, 6) is -5.35. The van der Waals surface area contributed by atoms with E-state index >= 15 is 4.79 Å². The van der Waals surface area contributed by atoms with Gasteiger partial charge in [0.2, 0.25) is 17.5 Å². The minimum atomic E-state index is -4.56. The molecule has 5 N–H and O–H groups in total. The Kier molecular flexibility index (Phi) is 20.3. The average molecular weight is 1190 g/mol. The summed E-state index contributed by atoms with van der Waals surface area (Å²) in [7, 11) is -13.2. The first-order chi connectivity index (χ1) is 38.7. The van der Waals surface area contributed by atoms with Crippen molar-refractivity contribution in [2.24, 2.45) is 5.41 Å². The summed E-state index contributed by atoms with van der Waals surface area (Å²) < 4.78 is 103. The molecule has 0 radical (unpaired) electrons. The molecular weight excluding hydrogens is 1110 g/mol. The fourth-order valence-electron chi connectivity index (χ4n) is 11.2. The molecule has 4 aromatic rings. The highest BCUT2D eigenvalue weighted by Gasteiger charge is 2.49. The van der Waals surface area contributed by atoms with Gasteiger partial charge in [-0.25, -0.2) is 4.79 Å². The number of imide groups is 1. The van der Waals surface area contributed by atoms with E-state index in [1.165, 1.54) is 0 Å². The molecule has 4 amide bonds. The van der Waals surface area contributed by atoms with Crippen molar-refractivity contribution in [3.63, 3.8) is 0 Å². The average Bonchev–Trinajstić information content (AvgIpc) is 4.00. The van der Waals surface area contributed by atoms with Gasteiger partial charge in [-0.05, 0) is 115 Å². The highest BCUT2D eigenvalue weighted by atomic mass is 32.2. The Balaban J connectivity index is 1.31. The lowest BCUT2D eigenvalue weighted by atomic mass is 9.70. The van der Waals surface area contributed by atoms with Gasteiger partial charge in [-0.2, -0.15) is 29.8 Å². The van der Waals surface area contributed by atoms with Crippen LogP contribution in [-0.4, -0.2) is 127 Å². The van der Waals surface area contributed by atoms with Crippen molar-refractivity contribution in [3.8, 4) is 0 Å². The number of benzene rings is 4. The molecule has 0 bridgehead atoms. The van der Waals surface area contributed by atoms with Crippen molar-refractivity contribution >= 4 is 98.6 Å². The number of unbranched alkanes of at least 4 members (excludes halogenated alkanes) is 2. The molecule has 440 valence electrons. The van der Waals surface area contributed by atoms with Gasteiger partial charge in [-0.1, -0.05) is 93.1 Å². The van der Waals surface area contributed by atoms with Crippen LogP contribution in [0.15, 0.2) is 120 Å². The van der Waals surface area contributed by atoms with Crippen LogP contribution in [0.4, 0.5) is 11.4 Å². The van der Waals surface area contributed by atoms with Crippen LogP contribution in [0.25, 0.3) is 21.5 Å². The van der Waals surface area contributed by atoms with Gasteiger partial charge in [0.1, 0.15) is 12.0 Å². The van der Waals surface area contributed by atoms with Gasteiger partial charge in [0, 0.05) is 74.4 Å². The van der Waals surface area contributed by atoms with Crippen molar-refractivity contribution in [1.29, 1.82) is 0 Å². The second-order valence-electron chi connectivity index (χ2n) is 21.3. The van der Waals surface area contributed by atoms with E-state index in [1.807, 2.05) is 128 Å². The van der Waals surface area contributed by atoms with Gasteiger partial charge in [-0.15, -0.1) is 5.06 Å². The van der Waals surface area contributed by atoms with Crippen LogP contribution in [0, 0.1) is 5.41 Å². The number of fused-ring (bicyclic) bond motifs is 4. The molecule has 4 aromatic carbocycles. The molecule has 0 aromatic heterocycles. The van der Waals surface area contributed by atoms with E-state index in [4.69, 9.17) is 4.84 Å². The van der Waals surface area contributed by atoms with Crippen LogP contribution in [-0.2, 0) is 71.0 Å². The van der Waals surface area contributed by atoms with Gasteiger partial charge in [0.05, 0.1) is 22.7 Å². The second kappa shape index (κ2) is 26.6. The molecule has 1 atom stereocenters. The van der Waals surface area contributed by atoms with Crippen molar-refractivity contribution in [3.05, 3.63) is 131 Å². The van der Waals surface area contributed by atoms with Crippen molar-refractivity contribution in [2.45, 2.75) is 110 Å². The predicted octanol–water partition coefficient (Wildman–Crippen LogP) is 7.76. The van der Waals surface area contributed by atoms with E-state index in [1.54, 1.807) is 12.2 Å². The molecule has 2 aliphatic heterocycles. The highest BCUT2D eigenvalue weighted by molar-refractivity contribution is 7.86. The third-order valence-corrected chi connectivity index (χ3v) is 17.4. The van der Waals surface area contributed by atoms with Gasteiger partial charge in [0.15, 0.2) is 5.71 Å². The topological polar surface area (TPSA) is 291 Å². The van der Waals surface area contributed by atoms with Crippen molar-refractivity contribution in [1.82, 2.24) is 15.7 Å². The lowest BCUT2D eigenvalue weighted by Gasteiger charge is -2.35. The lowest BCUT2D eigenvalue weighted by Crippen LogP contribution is -2.53. The van der Waals surface area contributed by atoms with Crippen LogP contribution in [0.1, 0.15) is 109 Å². The van der Waals surface area contributed by atoms with Gasteiger partial charge < -0.3 is 20.4 Å². The molecule has 0 saturated carbocycles. The number of aryl methyl sites for hydroxylation is 1. The summed E-state index contributed by atoms with van der Waals surface area (Å²) in [5, 5.41) is 9.94. The maximum atomic E-state index is 15.0. The molecule has 0 spiro atoms. The number of carbonyl (C=O) groups excluding carboxylic acids is 5. The smallest absolute Gasteiger partial charge is 0.333 e. The Morgan fingerprint density at radius 3 is 1.98 bits per heavy atom. The van der Waals surface area contributed by atoms with E-state index < -0.39 is 94.6 Å². The van der Waals surface area contributed by atoms with Crippen molar-refractivity contribution < 1.29 is 72.3 Å². The van der Waals surface area contributed by atoms with Crippen LogP contribution < -0.4 is 15.5 Å². The third kappa shape index (κ3) is 15.6. The standard InChI is InChI=1S/C59H71N5O15S3/c1-5-45(62(33-14-35-80(70,71)72)49-26-23-43-16-9-11-18-47(43)46(49)6-2)25-21-41-38-42(22-28-51-58(3,4)55-48-19-12-10-17-44(48)24-27-50(55)63(51)34-15-36-81(73,74)75)40-59(39-41,57(69)61-32-37-82(76,77)78)56(68)60-31-13-7-8-20-54(67)79-64-52(65)29-30-53(64)66/h9-12,16-19,21-28,38H,5-8,13-15,20,29-37,39-40H2,1-4H3,(H4-,60,61,68,69,70,71,72,73,74,75,76,77,78)/p+1. The Bertz CT molecular complexity index is 3640. The Hall–Kier alpha value is -6.89. The number of rotatable bonds is 27. The molecule has 3 aliphatic rings. The van der Waals surface area contributed by atoms with E-state index in [9.17, 15) is 58.1 Å². The Morgan fingerprint density at radius 2 is 1.33 bits per heavy atom. The third-order valence-electron chi connectivity index (χ3n) is 15.1. The normalized spacial score (nSPS) is 18.2. The number of hydroxylamine groups is 2. The summed E-state index contributed by atoms with van der Waals surface area (Å²) in [6.45, 7) is 7.92. The zero-order valence-electron chi connectivity index (χ0n) is 46.6. The zero-order valence-corrected chi connectivity index (χ0v) is 49.0. The second-order valence-corrected chi connectivity index (χ2v) is 26.0. The quantitative estimate of drug-likeness (QED) is 0.0125. The number of allylic oxidation sites excluding steroid dienone is 8. The van der Waals surface area contributed by atoms with E-state index in [2.05, 4.69) is 10.6 Å². The van der Waals surface area contributed by atoms with Gasteiger partial charge >= 0.3 is 5.97 Å². The number of nitrogens with one attached hydrogen (secondary N) is 2. The molecule has 20 nitrogen and oxygen atoms in total. The first-order valence-corrected chi connectivity index (χ1v) is 32.3. The van der Waals surface area contributed by atoms with Crippen LogP contribution in [0.3, 0.4) is 0 Å². The Labute approximate surface area is 479 Å². The molecule has 2 heterocycles. The summed E-state index contributed by atoms with van der Waals surface area (Å²) in [6, 6.07) is 23.7. The van der Waals surface area contributed by atoms with E-state index in [0.29, 0.717) is 41.9 Å². The molecule has 1 saturated heterocycles. The summed E-state index contributed by atoms with van der Waals surface area (Å²) in [4.78, 5) is 73.3. The van der Waals surface area contributed by atoms with E-state index in [-0.39, 0.29) is 71.0 Å². The zero-order chi connectivity index (χ0) is 59.6. The largest absolute Gasteiger partial charge is 0.355 e. The van der Waals surface area contributed by atoms with Crippen LogP contribution >= 0.6 is 0 Å². The molecule has 23 heteroatoms. The minimum Gasteiger partial charge on any atom is -0.355 e. The van der Waals surface area contributed by atoms with Crippen LogP contribution in [0.5, 0.6) is 0 Å². The highest BCUT2D eigenvalue weighted by Crippen LogP contribution is 2.46. The number of hydrogen-bond acceptors (Lipinski definition) is 13. The summed E-state index contributed by atoms with van der Waals surface area (Å²) >= 11 is 0. The lowest BCUT2D eigenvalue weighted by molar-refractivity contribution is -0.437. The Morgan fingerprint density at radius 1 is 0.720 bits per heavy atom. The fourth-order valence-corrected chi connectivity index (χ4v) is 12.5. The molecule has 1 unspecified atom stereocenters. The van der Waals surface area contributed by atoms with Gasteiger partial charge in [-0.3, -0.25) is 32.8 Å². The molecule has 7 rings (SSSR count). The maximum absolute atomic E-state index is 15.0.